The second kappa shape index (κ2) is 4.52. The zero-order valence-electron chi connectivity index (χ0n) is 10.4. The minimum Gasteiger partial charge on any atom is -0.355 e. The number of hydrogen-bond acceptors (Lipinski definition) is 2. The molecule has 0 bridgehead atoms. The summed E-state index contributed by atoms with van der Waals surface area (Å²) >= 11 is 0. The maximum atomic E-state index is 12.1. The van der Waals surface area contributed by atoms with Gasteiger partial charge in [0.05, 0.1) is 5.41 Å². The molecule has 1 unspecified atom stereocenters. The Balaban J connectivity index is 2.51. The van der Waals surface area contributed by atoms with E-state index in [-0.39, 0.29) is 16.7 Å². The lowest BCUT2D eigenvalue weighted by Crippen LogP contribution is -2.44. The van der Waals surface area contributed by atoms with E-state index in [0.717, 1.165) is 32.5 Å². The van der Waals surface area contributed by atoms with Crippen molar-refractivity contribution < 1.29 is 4.79 Å². The van der Waals surface area contributed by atoms with Gasteiger partial charge in [-0.15, -0.1) is 0 Å². The number of carbonyl (C=O) groups is 1. The molecule has 1 saturated heterocycles. The molecular formula is C12H24N2O. The maximum absolute atomic E-state index is 12.1. The van der Waals surface area contributed by atoms with E-state index >= 15 is 0 Å². The van der Waals surface area contributed by atoms with Gasteiger partial charge in [-0.3, -0.25) is 4.79 Å². The summed E-state index contributed by atoms with van der Waals surface area (Å²) in [7, 11) is 0. The highest BCUT2D eigenvalue weighted by atomic mass is 16.2. The van der Waals surface area contributed by atoms with Crippen molar-refractivity contribution in [2.45, 2.75) is 40.5 Å². The van der Waals surface area contributed by atoms with Crippen LogP contribution in [0.4, 0.5) is 0 Å². The quantitative estimate of drug-likeness (QED) is 0.745. The number of nitrogens with one attached hydrogen (secondary N) is 2. The summed E-state index contributed by atoms with van der Waals surface area (Å²) in [5, 5.41) is 6.36. The first-order chi connectivity index (χ1) is 6.90. The maximum Gasteiger partial charge on any atom is 0.227 e. The third-order valence-electron chi connectivity index (χ3n) is 3.18. The molecule has 0 saturated carbocycles. The Bertz CT molecular complexity index is 224. The van der Waals surface area contributed by atoms with Crippen LogP contribution in [0.2, 0.25) is 0 Å². The minimum atomic E-state index is -0.148. The third-order valence-corrected chi connectivity index (χ3v) is 3.18. The standard InChI is InChI=1S/C12H24N2O/c1-5-12(6-7-13-9-12)10(15)14-8-11(2,3)4/h13H,5-9H2,1-4H3,(H,14,15). The molecule has 1 aliphatic heterocycles. The Morgan fingerprint density at radius 1 is 1.47 bits per heavy atom. The van der Waals surface area contributed by atoms with Gasteiger partial charge in [0, 0.05) is 13.1 Å². The largest absolute Gasteiger partial charge is 0.355 e. The fraction of sp³-hybridized carbons (Fsp3) is 0.917. The van der Waals surface area contributed by atoms with Crippen molar-refractivity contribution in [3.63, 3.8) is 0 Å². The third kappa shape index (κ3) is 3.20. The average Bonchev–Trinajstić information content (AvgIpc) is 2.62. The van der Waals surface area contributed by atoms with Crippen molar-refractivity contribution in [2.75, 3.05) is 19.6 Å². The summed E-state index contributed by atoms with van der Waals surface area (Å²) in [4.78, 5) is 12.1. The number of carbonyl (C=O) groups excluding carboxylic acids is 1. The van der Waals surface area contributed by atoms with Gasteiger partial charge in [0.2, 0.25) is 5.91 Å². The SMILES string of the molecule is CCC1(C(=O)NCC(C)(C)C)CCNC1. The summed E-state index contributed by atoms with van der Waals surface area (Å²) < 4.78 is 0. The molecule has 0 aromatic rings. The fourth-order valence-electron chi connectivity index (χ4n) is 1.93. The van der Waals surface area contributed by atoms with Gasteiger partial charge < -0.3 is 10.6 Å². The molecule has 1 amide bonds. The topological polar surface area (TPSA) is 41.1 Å². The van der Waals surface area contributed by atoms with E-state index in [1.165, 1.54) is 0 Å². The van der Waals surface area contributed by atoms with Gasteiger partial charge in [0.15, 0.2) is 0 Å². The van der Waals surface area contributed by atoms with Crippen LogP contribution in [0.25, 0.3) is 0 Å². The van der Waals surface area contributed by atoms with E-state index in [2.05, 4.69) is 38.3 Å². The Hall–Kier alpha value is -0.570. The average molecular weight is 212 g/mol. The van der Waals surface area contributed by atoms with E-state index in [1.54, 1.807) is 0 Å². The first kappa shape index (κ1) is 12.5. The Labute approximate surface area is 93.0 Å². The van der Waals surface area contributed by atoms with Crippen LogP contribution in [-0.2, 0) is 4.79 Å². The molecule has 2 N–H and O–H groups in total. The van der Waals surface area contributed by atoms with Crippen LogP contribution in [0.5, 0.6) is 0 Å². The van der Waals surface area contributed by atoms with E-state index < -0.39 is 0 Å². The van der Waals surface area contributed by atoms with E-state index in [0.29, 0.717) is 0 Å². The molecule has 0 aromatic heterocycles. The van der Waals surface area contributed by atoms with Gasteiger partial charge in [-0.1, -0.05) is 27.7 Å². The van der Waals surface area contributed by atoms with Gasteiger partial charge in [0.25, 0.3) is 0 Å². The fourth-order valence-corrected chi connectivity index (χ4v) is 1.93. The molecule has 1 heterocycles. The van der Waals surface area contributed by atoms with Gasteiger partial charge in [-0.2, -0.15) is 0 Å². The molecule has 88 valence electrons. The molecule has 3 nitrogen and oxygen atoms in total. The second-order valence-corrected chi connectivity index (χ2v) is 5.80. The molecule has 0 aromatic carbocycles. The zero-order chi connectivity index (χ0) is 11.5. The Kier molecular flexibility index (Phi) is 3.77. The van der Waals surface area contributed by atoms with Crippen molar-refractivity contribution in [3.8, 4) is 0 Å². The van der Waals surface area contributed by atoms with Crippen molar-refractivity contribution in [1.29, 1.82) is 0 Å². The molecule has 3 heteroatoms. The summed E-state index contributed by atoms with van der Waals surface area (Å²) in [5.41, 5.74) is 0.0157. The van der Waals surface area contributed by atoms with Gasteiger partial charge in [-0.25, -0.2) is 0 Å². The van der Waals surface area contributed by atoms with Crippen LogP contribution in [0.3, 0.4) is 0 Å². The second-order valence-electron chi connectivity index (χ2n) is 5.80. The highest BCUT2D eigenvalue weighted by molar-refractivity contribution is 5.83. The van der Waals surface area contributed by atoms with Crippen LogP contribution < -0.4 is 10.6 Å². The summed E-state index contributed by atoms with van der Waals surface area (Å²) in [6, 6.07) is 0. The van der Waals surface area contributed by atoms with Crippen molar-refractivity contribution in [1.82, 2.24) is 10.6 Å². The lowest BCUT2D eigenvalue weighted by atomic mass is 9.83. The van der Waals surface area contributed by atoms with Gasteiger partial charge >= 0.3 is 0 Å². The summed E-state index contributed by atoms with van der Waals surface area (Å²) in [6.07, 6.45) is 1.90. The molecule has 15 heavy (non-hydrogen) atoms. The molecular weight excluding hydrogens is 188 g/mol. The molecule has 0 radical (unpaired) electrons. The van der Waals surface area contributed by atoms with E-state index in [9.17, 15) is 4.79 Å². The summed E-state index contributed by atoms with van der Waals surface area (Å²) in [5.74, 6) is 0.227. The minimum absolute atomic E-state index is 0.148. The Morgan fingerprint density at radius 2 is 2.13 bits per heavy atom. The molecule has 1 fully saturated rings. The van der Waals surface area contributed by atoms with Crippen molar-refractivity contribution >= 4 is 5.91 Å². The van der Waals surface area contributed by atoms with E-state index in [1.807, 2.05) is 0 Å². The smallest absolute Gasteiger partial charge is 0.227 e. The molecule has 1 aliphatic rings. The predicted molar refractivity (Wildman–Crippen MR) is 62.7 cm³/mol. The lowest BCUT2D eigenvalue weighted by Gasteiger charge is -2.28. The first-order valence-electron chi connectivity index (χ1n) is 5.89. The van der Waals surface area contributed by atoms with Gasteiger partial charge in [-0.05, 0) is 24.8 Å². The van der Waals surface area contributed by atoms with Crippen molar-refractivity contribution in [2.24, 2.45) is 10.8 Å². The van der Waals surface area contributed by atoms with Crippen molar-refractivity contribution in [3.05, 3.63) is 0 Å². The van der Waals surface area contributed by atoms with Crippen LogP contribution >= 0.6 is 0 Å². The van der Waals surface area contributed by atoms with Gasteiger partial charge in [0.1, 0.15) is 0 Å². The summed E-state index contributed by atoms with van der Waals surface area (Å²) in [6.45, 7) is 11.1. The molecule has 0 aliphatic carbocycles. The van der Waals surface area contributed by atoms with E-state index in [4.69, 9.17) is 0 Å². The van der Waals surface area contributed by atoms with Crippen LogP contribution in [0.1, 0.15) is 40.5 Å². The van der Waals surface area contributed by atoms with Crippen LogP contribution in [-0.4, -0.2) is 25.5 Å². The highest BCUT2D eigenvalue weighted by Crippen LogP contribution is 2.29. The predicted octanol–water partition coefficient (Wildman–Crippen LogP) is 1.54. The molecule has 0 spiro atoms. The zero-order valence-corrected chi connectivity index (χ0v) is 10.4. The van der Waals surface area contributed by atoms with Crippen LogP contribution in [0.15, 0.2) is 0 Å². The Morgan fingerprint density at radius 3 is 2.53 bits per heavy atom. The first-order valence-corrected chi connectivity index (χ1v) is 5.89. The monoisotopic (exact) mass is 212 g/mol. The number of amides is 1. The normalized spacial score (nSPS) is 26.7. The molecule has 1 rings (SSSR count). The number of rotatable bonds is 3. The molecule has 1 atom stereocenters. The number of hydrogen-bond donors (Lipinski definition) is 2. The highest BCUT2D eigenvalue weighted by Gasteiger charge is 2.39. The van der Waals surface area contributed by atoms with Crippen LogP contribution in [0, 0.1) is 10.8 Å². The lowest BCUT2D eigenvalue weighted by molar-refractivity contribution is -0.130.